The summed E-state index contributed by atoms with van der Waals surface area (Å²) >= 11 is 0. The highest BCUT2D eigenvalue weighted by Crippen LogP contribution is 2.62. The number of hydrogen-bond donors (Lipinski definition) is 0. The predicted molar refractivity (Wildman–Crippen MR) is 119 cm³/mol. The minimum atomic E-state index is 0.112. The molecule has 0 N–H and O–H groups in total. The lowest BCUT2D eigenvalue weighted by Crippen LogP contribution is -2.27. The first-order chi connectivity index (χ1) is 13.9. The molecule has 0 bridgehead atoms. The van der Waals surface area contributed by atoms with Gasteiger partial charge in [0.25, 0.3) is 0 Å². The second-order valence-corrected chi connectivity index (χ2v) is 10.2. The fourth-order valence-electron chi connectivity index (χ4n) is 7.28. The molecular formula is C27H36O2. The quantitative estimate of drug-likeness (QED) is 0.574. The summed E-state index contributed by atoms with van der Waals surface area (Å²) in [5, 5.41) is 0. The van der Waals surface area contributed by atoms with Gasteiger partial charge in [-0.2, -0.15) is 0 Å². The van der Waals surface area contributed by atoms with Crippen LogP contribution in [-0.2, 0) is 5.41 Å². The molecule has 1 aromatic rings. The SMILES string of the molecule is CCC1(CC)C2=CC3C(C)C(C)C(C(C)C)C3C=C2c2cc3c(cc21)OCCO3. The molecule has 5 rings (SSSR count). The molecular weight excluding hydrogens is 356 g/mol. The van der Waals surface area contributed by atoms with E-state index >= 15 is 0 Å². The van der Waals surface area contributed by atoms with Crippen LogP contribution < -0.4 is 9.47 Å². The van der Waals surface area contributed by atoms with Gasteiger partial charge in [0.2, 0.25) is 0 Å². The summed E-state index contributed by atoms with van der Waals surface area (Å²) in [7, 11) is 0. The van der Waals surface area contributed by atoms with Gasteiger partial charge in [-0.15, -0.1) is 0 Å². The van der Waals surface area contributed by atoms with E-state index in [1.54, 1.807) is 5.57 Å². The standard InChI is InChI=1S/C27H36O2/c1-7-27(8-2)22-12-18-16(5)17(6)26(15(3)4)21(18)11-19(22)20-13-24-25(14-23(20)27)29-10-9-28-24/h11-18,21,26H,7-10H2,1-6H3. The van der Waals surface area contributed by atoms with Gasteiger partial charge >= 0.3 is 0 Å². The van der Waals surface area contributed by atoms with Crippen molar-refractivity contribution in [3.05, 3.63) is 41.0 Å². The largest absolute Gasteiger partial charge is 0.486 e. The van der Waals surface area contributed by atoms with Crippen LogP contribution in [0, 0.1) is 35.5 Å². The molecule has 2 heteroatoms. The van der Waals surface area contributed by atoms with Gasteiger partial charge in [-0.25, -0.2) is 0 Å². The lowest BCUT2D eigenvalue weighted by molar-refractivity contribution is 0.171. The molecule has 1 saturated carbocycles. The van der Waals surface area contributed by atoms with Gasteiger partial charge in [-0.05, 0) is 82.8 Å². The van der Waals surface area contributed by atoms with E-state index in [1.807, 2.05) is 0 Å². The van der Waals surface area contributed by atoms with Crippen molar-refractivity contribution in [2.45, 2.75) is 59.8 Å². The van der Waals surface area contributed by atoms with Crippen LogP contribution in [0.25, 0.3) is 5.57 Å². The van der Waals surface area contributed by atoms with Gasteiger partial charge in [0.05, 0.1) is 0 Å². The lowest BCUT2D eigenvalue weighted by Gasteiger charge is -2.35. The monoisotopic (exact) mass is 392 g/mol. The first-order valence-electron chi connectivity index (χ1n) is 11.8. The van der Waals surface area contributed by atoms with Gasteiger partial charge < -0.3 is 9.47 Å². The van der Waals surface area contributed by atoms with Crippen molar-refractivity contribution in [2.75, 3.05) is 13.2 Å². The molecule has 5 unspecified atom stereocenters. The Morgan fingerprint density at radius 2 is 1.59 bits per heavy atom. The van der Waals surface area contributed by atoms with Crippen LogP contribution in [0.5, 0.6) is 11.5 Å². The average Bonchev–Trinajstić information content (AvgIpc) is 3.13. The Balaban J connectivity index is 1.72. The molecule has 1 aromatic carbocycles. The molecule has 5 atom stereocenters. The summed E-state index contributed by atoms with van der Waals surface area (Å²) in [5.41, 5.74) is 6.06. The molecule has 156 valence electrons. The number of allylic oxidation sites excluding steroid dienone is 4. The minimum Gasteiger partial charge on any atom is -0.486 e. The molecule has 0 saturated heterocycles. The van der Waals surface area contributed by atoms with Crippen molar-refractivity contribution >= 4 is 5.57 Å². The lowest BCUT2D eigenvalue weighted by atomic mass is 9.69. The van der Waals surface area contributed by atoms with Crippen LogP contribution in [0.3, 0.4) is 0 Å². The number of ether oxygens (including phenoxy) is 2. The smallest absolute Gasteiger partial charge is 0.161 e. The Bertz CT molecular complexity index is 886. The van der Waals surface area contributed by atoms with E-state index in [4.69, 9.17) is 9.47 Å². The first-order valence-corrected chi connectivity index (χ1v) is 11.8. The van der Waals surface area contributed by atoms with Gasteiger partial charge in [0.1, 0.15) is 13.2 Å². The Morgan fingerprint density at radius 1 is 0.931 bits per heavy atom. The van der Waals surface area contributed by atoms with Crippen molar-refractivity contribution in [2.24, 2.45) is 35.5 Å². The molecule has 1 heterocycles. The third-order valence-corrected chi connectivity index (χ3v) is 8.92. The molecule has 1 aliphatic heterocycles. The summed E-state index contributed by atoms with van der Waals surface area (Å²) in [5.74, 6) is 6.19. The van der Waals surface area contributed by atoms with Crippen molar-refractivity contribution in [3.63, 3.8) is 0 Å². The zero-order chi connectivity index (χ0) is 20.5. The normalized spacial score (nSPS) is 33.7. The van der Waals surface area contributed by atoms with Gasteiger partial charge in [0, 0.05) is 5.41 Å². The summed E-state index contributed by atoms with van der Waals surface area (Å²) in [4.78, 5) is 0. The second-order valence-electron chi connectivity index (χ2n) is 10.2. The number of hydrogen-bond acceptors (Lipinski definition) is 2. The number of benzene rings is 1. The molecule has 0 aromatic heterocycles. The first kappa shape index (κ1) is 19.3. The van der Waals surface area contributed by atoms with Crippen LogP contribution >= 0.6 is 0 Å². The Morgan fingerprint density at radius 3 is 2.21 bits per heavy atom. The fourth-order valence-corrected chi connectivity index (χ4v) is 7.28. The molecule has 2 nitrogen and oxygen atoms in total. The molecule has 0 radical (unpaired) electrons. The van der Waals surface area contributed by atoms with Crippen LogP contribution in [0.15, 0.2) is 29.9 Å². The van der Waals surface area contributed by atoms with E-state index in [0.29, 0.717) is 25.0 Å². The average molecular weight is 393 g/mol. The van der Waals surface area contributed by atoms with Crippen LogP contribution in [0.2, 0.25) is 0 Å². The highest BCUT2D eigenvalue weighted by Gasteiger charge is 2.52. The van der Waals surface area contributed by atoms with E-state index in [9.17, 15) is 0 Å². The highest BCUT2D eigenvalue weighted by molar-refractivity contribution is 5.92. The summed E-state index contributed by atoms with van der Waals surface area (Å²) < 4.78 is 11.9. The van der Waals surface area contributed by atoms with Crippen molar-refractivity contribution < 1.29 is 9.47 Å². The Labute approximate surface area is 176 Å². The third kappa shape index (κ3) is 2.47. The molecule has 1 fully saturated rings. The van der Waals surface area contributed by atoms with Crippen LogP contribution in [-0.4, -0.2) is 13.2 Å². The maximum absolute atomic E-state index is 5.97. The molecule has 0 amide bonds. The molecule has 29 heavy (non-hydrogen) atoms. The summed E-state index contributed by atoms with van der Waals surface area (Å²) in [6, 6.07) is 4.58. The minimum absolute atomic E-state index is 0.112. The zero-order valence-electron chi connectivity index (χ0n) is 18.9. The fraction of sp³-hybridized carbons (Fsp3) is 0.630. The van der Waals surface area contributed by atoms with E-state index in [0.717, 1.165) is 48.0 Å². The van der Waals surface area contributed by atoms with E-state index in [1.165, 1.54) is 16.7 Å². The maximum Gasteiger partial charge on any atom is 0.161 e. The van der Waals surface area contributed by atoms with Crippen LogP contribution in [0.4, 0.5) is 0 Å². The van der Waals surface area contributed by atoms with Crippen molar-refractivity contribution in [1.29, 1.82) is 0 Å². The van der Waals surface area contributed by atoms with Gasteiger partial charge in [-0.1, -0.05) is 53.7 Å². The highest BCUT2D eigenvalue weighted by atomic mass is 16.6. The Hall–Kier alpha value is -1.70. The van der Waals surface area contributed by atoms with Crippen molar-refractivity contribution in [1.82, 2.24) is 0 Å². The second kappa shape index (κ2) is 6.65. The third-order valence-electron chi connectivity index (χ3n) is 8.92. The molecule has 3 aliphatic carbocycles. The zero-order valence-corrected chi connectivity index (χ0v) is 18.9. The molecule has 0 spiro atoms. The van der Waals surface area contributed by atoms with Crippen LogP contribution in [0.1, 0.15) is 65.5 Å². The predicted octanol–water partition coefficient (Wildman–Crippen LogP) is 6.64. The number of fused-ring (bicyclic) bond motifs is 5. The number of rotatable bonds is 3. The Kier molecular flexibility index (Phi) is 4.42. The van der Waals surface area contributed by atoms with Crippen molar-refractivity contribution in [3.8, 4) is 11.5 Å². The topological polar surface area (TPSA) is 18.5 Å². The molecule has 4 aliphatic rings. The maximum atomic E-state index is 5.97. The summed E-state index contributed by atoms with van der Waals surface area (Å²) in [6.45, 7) is 15.8. The van der Waals surface area contributed by atoms with Gasteiger partial charge in [-0.3, -0.25) is 0 Å². The van der Waals surface area contributed by atoms with Gasteiger partial charge in [0.15, 0.2) is 11.5 Å². The van der Waals surface area contributed by atoms with E-state index < -0.39 is 0 Å². The summed E-state index contributed by atoms with van der Waals surface area (Å²) in [6.07, 6.45) is 7.65. The van der Waals surface area contributed by atoms with E-state index in [-0.39, 0.29) is 5.41 Å². The van der Waals surface area contributed by atoms with E-state index in [2.05, 4.69) is 65.8 Å².